The molecule has 214 valence electrons. The average Bonchev–Trinajstić information content (AvgIpc) is 2.95. The second-order valence-electron chi connectivity index (χ2n) is 11.0. The van der Waals surface area contributed by atoms with Gasteiger partial charge < -0.3 is 24.4 Å². The summed E-state index contributed by atoms with van der Waals surface area (Å²) >= 11 is 0. The lowest BCUT2D eigenvalue weighted by Crippen LogP contribution is -2.46. The molecule has 2 aromatic carbocycles. The quantitative estimate of drug-likeness (QED) is 0.295. The van der Waals surface area contributed by atoms with E-state index in [1.807, 2.05) is 105 Å². The lowest BCUT2D eigenvalue weighted by molar-refractivity contribution is 0.0965. The molecule has 0 unspecified atom stereocenters. The number of methoxy groups -OCH3 is 1. The lowest BCUT2D eigenvalue weighted by Gasteiger charge is -2.37. The summed E-state index contributed by atoms with van der Waals surface area (Å²) < 4.78 is 6.67. The number of carbonyl (C=O) groups excluding carboxylic acids is 1. The van der Waals surface area contributed by atoms with E-state index in [1.165, 1.54) is 0 Å². The molecule has 9 heteroatoms. The van der Waals surface area contributed by atoms with Gasteiger partial charge in [-0.15, -0.1) is 10.2 Å². The first kappa shape index (κ1) is 29.5. The average molecular weight is 555 g/mol. The molecule has 0 spiro atoms. The van der Waals surface area contributed by atoms with Crippen LogP contribution in [0.15, 0.2) is 77.7 Å². The summed E-state index contributed by atoms with van der Waals surface area (Å²) in [5, 5.41) is 11.7. The van der Waals surface area contributed by atoms with Crippen LogP contribution in [0.25, 0.3) is 11.1 Å². The molecule has 1 N–H and O–H groups in total. The summed E-state index contributed by atoms with van der Waals surface area (Å²) in [6.45, 7) is 9.34. The molecule has 0 aliphatic carbocycles. The first-order valence-corrected chi connectivity index (χ1v) is 13.5. The van der Waals surface area contributed by atoms with E-state index in [0.717, 1.165) is 22.4 Å². The van der Waals surface area contributed by atoms with Gasteiger partial charge in [-0.2, -0.15) is 0 Å². The van der Waals surface area contributed by atoms with Crippen molar-refractivity contribution in [1.82, 2.24) is 14.8 Å². The van der Waals surface area contributed by atoms with Crippen molar-refractivity contribution in [3.63, 3.8) is 0 Å². The molecule has 0 saturated carbocycles. The number of likely N-dealkylation sites (N-methyl/N-ethyl adjacent to an activating group) is 1. The van der Waals surface area contributed by atoms with Gasteiger partial charge in [0, 0.05) is 56.3 Å². The van der Waals surface area contributed by atoms with Crippen LogP contribution in [0.3, 0.4) is 0 Å². The molecule has 2 aromatic heterocycles. The summed E-state index contributed by atoms with van der Waals surface area (Å²) in [5.74, 6) is 1.09. The molecular weight excluding hydrogens is 516 g/mol. The Hall–Kier alpha value is -4.50. The van der Waals surface area contributed by atoms with Crippen molar-refractivity contribution in [3.05, 3.63) is 94.4 Å². The largest absolute Gasteiger partial charge is 0.383 e. The molecule has 41 heavy (non-hydrogen) atoms. The zero-order valence-corrected chi connectivity index (χ0v) is 24.8. The molecule has 0 bridgehead atoms. The number of hydrogen-bond donors (Lipinski definition) is 1. The van der Waals surface area contributed by atoms with Gasteiger partial charge in [0.1, 0.15) is 5.69 Å². The first-order chi connectivity index (χ1) is 19.5. The van der Waals surface area contributed by atoms with Crippen molar-refractivity contribution < 1.29 is 9.53 Å². The molecule has 4 aromatic rings. The van der Waals surface area contributed by atoms with Crippen LogP contribution in [-0.4, -0.2) is 53.5 Å². The van der Waals surface area contributed by atoms with Crippen LogP contribution in [0, 0.1) is 6.92 Å². The van der Waals surface area contributed by atoms with Crippen LogP contribution in [0.2, 0.25) is 0 Å². The third-order valence-electron chi connectivity index (χ3n) is 6.87. The number of aryl methyl sites for hydroxylation is 1. The summed E-state index contributed by atoms with van der Waals surface area (Å²) in [6.07, 6.45) is 1.81. The minimum Gasteiger partial charge on any atom is -0.383 e. The standard InChI is InChI=1S/C32H38N6O3/c1-22-25(14-11-15-27(22)38(32(2,3)4)30(39)23-12-9-8-10-13-23)24-20-26(31(40)37(6)21-24)33-28-16-17-29(35-34-28)36(5)18-19-41-7/h8-17,20-21H,18-19H2,1-7H3,(H,33,34). The lowest BCUT2D eigenvalue weighted by atomic mass is 9.96. The summed E-state index contributed by atoms with van der Waals surface area (Å²) in [7, 11) is 5.29. The zero-order valence-electron chi connectivity index (χ0n) is 24.8. The second kappa shape index (κ2) is 12.3. The Morgan fingerprint density at radius 2 is 1.76 bits per heavy atom. The SMILES string of the molecule is COCCN(C)c1ccc(Nc2cc(-c3cccc(N(C(=O)c4ccccc4)C(C)(C)C)c3C)cn(C)c2=O)nn1. The second-order valence-corrected chi connectivity index (χ2v) is 11.0. The fourth-order valence-electron chi connectivity index (χ4n) is 4.69. The predicted molar refractivity (Wildman–Crippen MR) is 165 cm³/mol. The Morgan fingerprint density at radius 3 is 2.39 bits per heavy atom. The molecule has 0 fully saturated rings. The van der Waals surface area contributed by atoms with E-state index in [2.05, 4.69) is 15.5 Å². The van der Waals surface area contributed by atoms with Crippen molar-refractivity contribution in [2.45, 2.75) is 33.2 Å². The van der Waals surface area contributed by atoms with Crippen molar-refractivity contribution >= 4 is 28.9 Å². The zero-order chi connectivity index (χ0) is 29.7. The minimum atomic E-state index is -0.477. The molecule has 0 aliphatic rings. The number of benzene rings is 2. The maximum atomic E-state index is 13.7. The maximum absolute atomic E-state index is 13.7. The minimum absolute atomic E-state index is 0.0731. The smallest absolute Gasteiger partial charge is 0.274 e. The fraction of sp³-hybridized carbons (Fsp3) is 0.312. The van der Waals surface area contributed by atoms with Gasteiger partial charge in [-0.3, -0.25) is 9.59 Å². The molecule has 9 nitrogen and oxygen atoms in total. The molecule has 2 heterocycles. The first-order valence-electron chi connectivity index (χ1n) is 13.5. The highest BCUT2D eigenvalue weighted by Gasteiger charge is 2.30. The van der Waals surface area contributed by atoms with E-state index >= 15 is 0 Å². The van der Waals surface area contributed by atoms with Crippen LogP contribution in [0.5, 0.6) is 0 Å². The molecule has 0 aliphatic heterocycles. The van der Waals surface area contributed by atoms with Gasteiger partial charge >= 0.3 is 0 Å². The number of amides is 1. The van der Waals surface area contributed by atoms with E-state index in [4.69, 9.17) is 4.74 Å². The number of aromatic nitrogens is 3. The van der Waals surface area contributed by atoms with E-state index in [0.29, 0.717) is 36.0 Å². The molecule has 0 radical (unpaired) electrons. The Kier molecular flexibility index (Phi) is 8.88. The number of pyridine rings is 1. The van der Waals surface area contributed by atoms with Crippen LogP contribution in [0.4, 0.5) is 23.0 Å². The molecule has 1 amide bonds. The van der Waals surface area contributed by atoms with Crippen LogP contribution in [-0.2, 0) is 11.8 Å². The van der Waals surface area contributed by atoms with Gasteiger partial charge in [-0.25, -0.2) is 0 Å². The van der Waals surface area contributed by atoms with E-state index in [1.54, 1.807) is 31.0 Å². The normalized spacial score (nSPS) is 11.3. The monoisotopic (exact) mass is 554 g/mol. The predicted octanol–water partition coefficient (Wildman–Crippen LogP) is 5.42. The topological polar surface area (TPSA) is 92.6 Å². The van der Waals surface area contributed by atoms with E-state index in [-0.39, 0.29) is 11.5 Å². The highest BCUT2D eigenvalue weighted by Crippen LogP contribution is 2.35. The third kappa shape index (κ3) is 6.63. The number of hydrogen-bond acceptors (Lipinski definition) is 7. The van der Waals surface area contributed by atoms with Crippen molar-refractivity contribution in [2.75, 3.05) is 42.4 Å². The van der Waals surface area contributed by atoms with E-state index < -0.39 is 5.54 Å². The number of nitrogens with one attached hydrogen (secondary N) is 1. The van der Waals surface area contributed by atoms with Crippen molar-refractivity contribution in [1.29, 1.82) is 0 Å². The van der Waals surface area contributed by atoms with Crippen LogP contribution >= 0.6 is 0 Å². The Labute approximate surface area is 241 Å². The molecular formula is C32H38N6O3. The summed E-state index contributed by atoms with van der Waals surface area (Å²) in [4.78, 5) is 30.6. The molecule has 0 atom stereocenters. The molecule has 4 rings (SSSR count). The van der Waals surface area contributed by atoms with Crippen molar-refractivity contribution in [2.24, 2.45) is 7.05 Å². The van der Waals surface area contributed by atoms with Gasteiger partial charge in [-0.05, 0) is 75.2 Å². The van der Waals surface area contributed by atoms with Crippen LogP contribution < -0.4 is 20.7 Å². The Morgan fingerprint density at radius 1 is 1.02 bits per heavy atom. The highest BCUT2D eigenvalue weighted by molar-refractivity contribution is 6.07. The molecule has 0 saturated heterocycles. The summed E-state index contributed by atoms with van der Waals surface area (Å²) in [5.41, 5.74) is 3.81. The van der Waals surface area contributed by atoms with Gasteiger partial charge in [0.25, 0.3) is 11.5 Å². The Balaban J connectivity index is 1.70. The maximum Gasteiger partial charge on any atom is 0.274 e. The number of rotatable bonds is 9. The fourth-order valence-corrected chi connectivity index (χ4v) is 4.69. The van der Waals surface area contributed by atoms with Gasteiger partial charge in [0.15, 0.2) is 11.6 Å². The number of ether oxygens (including phenoxy) is 1. The number of carbonyl (C=O) groups is 1. The van der Waals surface area contributed by atoms with Gasteiger partial charge in [-0.1, -0.05) is 30.3 Å². The highest BCUT2D eigenvalue weighted by atomic mass is 16.5. The van der Waals surface area contributed by atoms with Gasteiger partial charge in [0.05, 0.1) is 6.61 Å². The summed E-state index contributed by atoms with van der Waals surface area (Å²) in [6, 6.07) is 20.7. The Bertz CT molecular complexity index is 1560. The van der Waals surface area contributed by atoms with Crippen LogP contribution in [0.1, 0.15) is 36.7 Å². The number of anilines is 4. The number of nitrogens with zero attached hydrogens (tertiary/aromatic N) is 5. The third-order valence-corrected chi connectivity index (χ3v) is 6.87. The van der Waals surface area contributed by atoms with Gasteiger partial charge in [0.2, 0.25) is 0 Å². The van der Waals surface area contributed by atoms with E-state index in [9.17, 15) is 9.59 Å². The van der Waals surface area contributed by atoms with Crippen molar-refractivity contribution in [3.8, 4) is 11.1 Å².